The molecule has 4 amide bonds. The lowest BCUT2D eigenvalue weighted by Crippen LogP contribution is -2.57. The minimum atomic E-state index is -0.844. The second kappa shape index (κ2) is 12.7. The van der Waals surface area contributed by atoms with Gasteiger partial charge in [-0.15, -0.1) is 0 Å². The van der Waals surface area contributed by atoms with Crippen molar-refractivity contribution in [3.05, 3.63) is 102 Å². The highest BCUT2D eigenvalue weighted by atomic mass is 16.2. The summed E-state index contributed by atoms with van der Waals surface area (Å²) in [5.74, 6) is -0.685. The monoisotopic (exact) mass is 552 g/mol. The molecule has 0 bridgehead atoms. The number of nitrogens with two attached hydrogens (primary N) is 1. The third kappa shape index (κ3) is 6.41. The standard InChI is InChI=1S/C32H36N6O3/c1-22(27-21-34-28-13-6-5-12-26(27)28)29(30(39)35-25-11-7-8-23(20-25)14-15-33)36-32(41)38-18-16-37(17-19-38)31(40)24-9-3-2-4-10-24/h2-13,20-22,29,34H,14-19,33H2,1H3,(H,35,39)(H,36,41). The summed E-state index contributed by atoms with van der Waals surface area (Å²) < 4.78 is 0. The molecule has 2 unspecified atom stereocenters. The zero-order valence-corrected chi connectivity index (χ0v) is 23.2. The van der Waals surface area contributed by atoms with Crippen LogP contribution in [0.4, 0.5) is 10.5 Å². The third-order valence-corrected chi connectivity index (χ3v) is 7.68. The zero-order valence-electron chi connectivity index (χ0n) is 23.2. The third-order valence-electron chi connectivity index (χ3n) is 7.68. The van der Waals surface area contributed by atoms with Crippen LogP contribution in [0.25, 0.3) is 10.9 Å². The molecule has 0 spiro atoms. The van der Waals surface area contributed by atoms with E-state index in [1.165, 1.54) is 0 Å². The van der Waals surface area contributed by atoms with E-state index in [0.717, 1.165) is 22.0 Å². The van der Waals surface area contributed by atoms with Crippen LogP contribution < -0.4 is 16.4 Å². The van der Waals surface area contributed by atoms with Crippen molar-refractivity contribution in [1.29, 1.82) is 0 Å². The maximum absolute atomic E-state index is 13.7. The number of piperazine rings is 1. The Morgan fingerprint density at radius 1 is 0.902 bits per heavy atom. The minimum Gasteiger partial charge on any atom is -0.361 e. The molecule has 1 saturated heterocycles. The number of H-pyrrole nitrogens is 1. The van der Waals surface area contributed by atoms with Crippen LogP contribution in [0.1, 0.15) is 34.3 Å². The predicted molar refractivity (Wildman–Crippen MR) is 161 cm³/mol. The van der Waals surface area contributed by atoms with Crippen LogP contribution in [-0.4, -0.2) is 71.4 Å². The molecular weight excluding hydrogens is 516 g/mol. The van der Waals surface area contributed by atoms with Gasteiger partial charge >= 0.3 is 6.03 Å². The molecule has 212 valence electrons. The lowest BCUT2D eigenvalue weighted by molar-refractivity contribution is -0.118. The number of nitrogens with one attached hydrogen (secondary N) is 3. The number of hydrogen-bond acceptors (Lipinski definition) is 4. The van der Waals surface area contributed by atoms with E-state index in [0.29, 0.717) is 50.4 Å². The first kappa shape index (κ1) is 27.9. The summed E-state index contributed by atoms with van der Waals surface area (Å²) in [4.78, 5) is 46.8. The molecule has 5 rings (SSSR count). The lowest BCUT2D eigenvalue weighted by atomic mass is 9.92. The summed E-state index contributed by atoms with van der Waals surface area (Å²) in [6.07, 6.45) is 2.60. The topological polar surface area (TPSA) is 124 Å². The van der Waals surface area contributed by atoms with Crippen molar-refractivity contribution >= 4 is 34.4 Å². The van der Waals surface area contributed by atoms with Crippen LogP contribution in [0, 0.1) is 0 Å². The molecule has 0 aliphatic carbocycles. The Bertz CT molecular complexity index is 1510. The molecule has 1 aliphatic heterocycles. The Hall–Kier alpha value is -4.63. The van der Waals surface area contributed by atoms with Crippen molar-refractivity contribution in [2.75, 3.05) is 38.0 Å². The van der Waals surface area contributed by atoms with Gasteiger partial charge in [-0.05, 0) is 54.4 Å². The van der Waals surface area contributed by atoms with E-state index in [-0.39, 0.29) is 23.8 Å². The van der Waals surface area contributed by atoms with Gasteiger partial charge < -0.3 is 31.2 Å². The zero-order chi connectivity index (χ0) is 28.8. The minimum absolute atomic E-state index is 0.0484. The fourth-order valence-electron chi connectivity index (χ4n) is 5.36. The van der Waals surface area contributed by atoms with E-state index in [2.05, 4.69) is 15.6 Å². The molecule has 5 N–H and O–H groups in total. The van der Waals surface area contributed by atoms with Gasteiger partial charge in [0.05, 0.1) is 0 Å². The summed E-state index contributed by atoms with van der Waals surface area (Å²) in [6.45, 7) is 4.05. The van der Waals surface area contributed by atoms with Crippen molar-refractivity contribution in [3.63, 3.8) is 0 Å². The van der Waals surface area contributed by atoms with Gasteiger partial charge in [0, 0.05) is 60.4 Å². The van der Waals surface area contributed by atoms with Crippen molar-refractivity contribution in [2.45, 2.75) is 25.3 Å². The van der Waals surface area contributed by atoms with Crippen molar-refractivity contribution in [1.82, 2.24) is 20.1 Å². The van der Waals surface area contributed by atoms with Crippen LogP contribution in [0.5, 0.6) is 0 Å². The highest BCUT2D eigenvalue weighted by Crippen LogP contribution is 2.28. The van der Waals surface area contributed by atoms with Crippen LogP contribution in [-0.2, 0) is 11.2 Å². The number of carbonyl (C=O) groups is 3. The Morgan fingerprint density at radius 3 is 2.37 bits per heavy atom. The molecule has 2 atom stereocenters. The van der Waals surface area contributed by atoms with Crippen LogP contribution in [0.3, 0.4) is 0 Å². The average Bonchev–Trinajstić information content (AvgIpc) is 3.44. The Balaban J connectivity index is 1.32. The molecule has 4 aromatic rings. The summed E-state index contributed by atoms with van der Waals surface area (Å²) in [5, 5.41) is 7.02. The lowest BCUT2D eigenvalue weighted by Gasteiger charge is -2.36. The number of rotatable bonds is 8. The average molecular weight is 553 g/mol. The molecule has 0 radical (unpaired) electrons. The summed E-state index contributed by atoms with van der Waals surface area (Å²) in [6, 6.07) is 23.5. The highest BCUT2D eigenvalue weighted by molar-refractivity contribution is 5.98. The molecule has 41 heavy (non-hydrogen) atoms. The number of amides is 4. The van der Waals surface area contributed by atoms with Gasteiger partial charge in [-0.3, -0.25) is 9.59 Å². The number of benzene rings is 3. The molecular formula is C32H36N6O3. The SMILES string of the molecule is CC(c1c[nH]c2ccccc12)C(NC(=O)N1CCN(C(=O)c2ccccc2)CC1)C(=O)Nc1cccc(CCN)c1. The van der Waals surface area contributed by atoms with E-state index >= 15 is 0 Å². The van der Waals surface area contributed by atoms with E-state index in [4.69, 9.17) is 5.73 Å². The largest absolute Gasteiger partial charge is 0.361 e. The first-order valence-electron chi connectivity index (χ1n) is 14.0. The number of hydrogen-bond donors (Lipinski definition) is 4. The molecule has 3 aromatic carbocycles. The molecule has 9 nitrogen and oxygen atoms in total. The molecule has 2 heterocycles. The van der Waals surface area contributed by atoms with Crippen LogP contribution in [0.15, 0.2) is 85.1 Å². The fourth-order valence-corrected chi connectivity index (χ4v) is 5.36. The van der Waals surface area contributed by atoms with Crippen LogP contribution >= 0.6 is 0 Å². The van der Waals surface area contributed by atoms with E-state index in [9.17, 15) is 14.4 Å². The molecule has 1 aliphatic rings. The molecule has 0 saturated carbocycles. The second-order valence-electron chi connectivity index (χ2n) is 10.4. The summed E-state index contributed by atoms with van der Waals surface area (Å²) in [5.41, 5.74) is 9.93. The smallest absolute Gasteiger partial charge is 0.318 e. The van der Waals surface area contributed by atoms with Gasteiger partial charge in [-0.1, -0.05) is 55.5 Å². The molecule has 9 heteroatoms. The van der Waals surface area contributed by atoms with Crippen molar-refractivity contribution < 1.29 is 14.4 Å². The van der Waals surface area contributed by atoms with Gasteiger partial charge in [-0.2, -0.15) is 0 Å². The van der Waals surface area contributed by atoms with Gasteiger partial charge in [0.25, 0.3) is 5.91 Å². The van der Waals surface area contributed by atoms with Gasteiger partial charge in [0.2, 0.25) is 5.91 Å². The first-order valence-corrected chi connectivity index (χ1v) is 14.0. The number of anilines is 1. The summed E-state index contributed by atoms with van der Waals surface area (Å²) >= 11 is 0. The predicted octanol–water partition coefficient (Wildman–Crippen LogP) is 3.95. The van der Waals surface area contributed by atoms with Crippen molar-refractivity contribution in [2.24, 2.45) is 5.73 Å². The van der Waals surface area contributed by atoms with E-state index in [1.807, 2.05) is 79.9 Å². The number of urea groups is 1. The number of fused-ring (bicyclic) bond motifs is 1. The quantitative estimate of drug-likeness (QED) is 0.264. The first-order chi connectivity index (χ1) is 19.9. The van der Waals surface area contributed by atoms with E-state index in [1.54, 1.807) is 21.9 Å². The highest BCUT2D eigenvalue weighted by Gasteiger charge is 2.32. The second-order valence-corrected chi connectivity index (χ2v) is 10.4. The molecule has 1 fully saturated rings. The maximum Gasteiger partial charge on any atom is 0.318 e. The van der Waals surface area contributed by atoms with Crippen molar-refractivity contribution in [3.8, 4) is 0 Å². The van der Waals surface area contributed by atoms with E-state index < -0.39 is 6.04 Å². The van der Waals surface area contributed by atoms with Gasteiger partial charge in [0.15, 0.2) is 0 Å². The number of aromatic nitrogens is 1. The number of para-hydroxylation sites is 1. The normalized spacial score (nSPS) is 14.9. The molecule has 1 aromatic heterocycles. The summed E-state index contributed by atoms with van der Waals surface area (Å²) in [7, 11) is 0. The van der Waals surface area contributed by atoms with Crippen LogP contribution in [0.2, 0.25) is 0 Å². The Morgan fingerprint density at radius 2 is 1.61 bits per heavy atom. The number of nitrogens with zero attached hydrogens (tertiary/aromatic N) is 2. The maximum atomic E-state index is 13.7. The Kier molecular flexibility index (Phi) is 8.64. The van der Waals surface area contributed by atoms with Gasteiger partial charge in [0.1, 0.15) is 6.04 Å². The fraction of sp³-hybridized carbons (Fsp3) is 0.281. The number of aromatic amines is 1. The Labute approximate surface area is 239 Å². The number of carbonyl (C=O) groups excluding carboxylic acids is 3. The van der Waals surface area contributed by atoms with Gasteiger partial charge in [-0.25, -0.2) is 4.79 Å².